The van der Waals surface area contributed by atoms with Crippen LogP contribution < -0.4 is 0 Å². The van der Waals surface area contributed by atoms with Crippen molar-refractivity contribution < 1.29 is 27.8 Å². The summed E-state index contributed by atoms with van der Waals surface area (Å²) in [4.78, 5) is 27.7. The topological polar surface area (TPSA) is 59.1 Å². The number of ether oxygens (including phenoxy) is 2. The Morgan fingerprint density at radius 3 is 2.50 bits per heavy atom. The summed E-state index contributed by atoms with van der Waals surface area (Å²) in [6, 6.07) is 9.41. The molecule has 3 fully saturated rings. The maximum atomic E-state index is 12.6. The van der Waals surface area contributed by atoms with Crippen molar-refractivity contribution in [2.75, 3.05) is 13.1 Å². The van der Waals surface area contributed by atoms with Gasteiger partial charge < -0.3 is 19.3 Å². The van der Waals surface area contributed by atoms with E-state index in [0.29, 0.717) is 19.3 Å². The minimum atomic E-state index is -2.57. The second-order valence-electron chi connectivity index (χ2n) is 7.88. The fourth-order valence-corrected chi connectivity index (χ4v) is 4.75. The van der Waals surface area contributed by atoms with Gasteiger partial charge in [0.15, 0.2) is 0 Å². The van der Waals surface area contributed by atoms with Gasteiger partial charge >= 0.3 is 12.2 Å². The molecule has 0 N–H and O–H groups in total. The molecule has 2 bridgehead atoms. The molecule has 3 heterocycles. The highest BCUT2D eigenvalue weighted by atomic mass is 19.3. The molecule has 3 aliphatic heterocycles. The van der Waals surface area contributed by atoms with Crippen molar-refractivity contribution in [1.82, 2.24) is 9.80 Å². The summed E-state index contributed by atoms with van der Waals surface area (Å²) in [5.74, 6) is 0. The maximum absolute atomic E-state index is 12.6. The molecule has 1 aromatic carbocycles. The van der Waals surface area contributed by atoms with Gasteiger partial charge in [-0.15, -0.1) is 0 Å². The van der Waals surface area contributed by atoms with Gasteiger partial charge in [-0.25, -0.2) is 18.4 Å². The molecule has 3 saturated heterocycles. The molecule has 4 rings (SSSR count). The monoisotopic (exact) mass is 394 g/mol. The summed E-state index contributed by atoms with van der Waals surface area (Å²) in [5, 5.41) is 0. The van der Waals surface area contributed by atoms with Gasteiger partial charge in [-0.05, 0) is 18.4 Å². The van der Waals surface area contributed by atoms with Crippen molar-refractivity contribution in [2.45, 2.75) is 62.8 Å². The fourth-order valence-electron chi connectivity index (χ4n) is 4.75. The second-order valence-corrected chi connectivity index (χ2v) is 7.88. The zero-order valence-corrected chi connectivity index (χ0v) is 15.6. The van der Waals surface area contributed by atoms with E-state index in [1.807, 2.05) is 30.3 Å². The smallest absolute Gasteiger partial charge is 0.410 e. The van der Waals surface area contributed by atoms with E-state index in [-0.39, 0.29) is 31.3 Å². The molecule has 1 unspecified atom stereocenters. The van der Waals surface area contributed by atoms with Crippen molar-refractivity contribution in [3.8, 4) is 0 Å². The van der Waals surface area contributed by atoms with Crippen LogP contribution in [0.5, 0.6) is 0 Å². The first-order chi connectivity index (χ1) is 13.5. The first-order valence-corrected chi connectivity index (χ1v) is 9.71. The lowest BCUT2D eigenvalue weighted by molar-refractivity contribution is -0.100. The number of piperidine rings is 1. The molecule has 6 nitrogen and oxygen atoms in total. The van der Waals surface area contributed by atoms with Crippen LogP contribution in [0, 0.1) is 0 Å². The molecule has 0 aliphatic carbocycles. The van der Waals surface area contributed by atoms with Crippen LogP contribution >= 0.6 is 0 Å². The number of rotatable bonds is 4. The number of carbonyl (C=O) groups excluding carboxylic acids is 2. The van der Waals surface area contributed by atoms with Crippen molar-refractivity contribution in [2.24, 2.45) is 0 Å². The molecule has 1 spiro atoms. The Hall–Kier alpha value is -2.38. The van der Waals surface area contributed by atoms with Crippen LogP contribution in [0.4, 0.5) is 18.4 Å². The quantitative estimate of drug-likeness (QED) is 0.780. The Bertz CT molecular complexity index is 716. The third-order valence-corrected chi connectivity index (χ3v) is 6.01. The summed E-state index contributed by atoms with van der Waals surface area (Å²) < 4.78 is 36.3. The van der Waals surface area contributed by atoms with Crippen molar-refractivity contribution in [3.63, 3.8) is 0 Å². The Kier molecular flexibility index (Phi) is 5.12. The van der Waals surface area contributed by atoms with Crippen molar-refractivity contribution in [3.05, 3.63) is 35.9 Å². The third kappa shape index (κ3) is 3.77. The normalized spacial score (nSPS) is 29.3. The number of nitrogens with zero attached hydrogens (tertiary/aromatic N) is 2. The number of fused-ring (bicyclic) bond motifs is 2. The third-order valence-electron chi connectivity index (χ3n) is 6.01. The molecule has 0 radical (unpaired) electrons. The van der Waals surface area contributed by atoms with Crippen LogP contribution in [-0.4, -0.2) is 59.2 Å². The molecule has 1 aromatic rings. The van der Waals surface area contributed by atoms with E-state index in [2.05, 4.69) is 0 Å². The lowest BCUT2D eigenvalue weighted by Gasteiger charge is -2.48. The van der Waals surface area contributed by atoms with Gasteiger partial charge in [0.25, 0.3) is 6.43 Å². The summed E-state index contributed by atoms with van der Waals surface area (Å²) in [6.45, 7) is -0.112. The predicted octanol–water partition coefficient (Wildman–Crippen LogP) is 3.80. The minimum absolute atomic E-state index is 0.0449. The lowest BCUT2D eigenvalue weighted by Crippen LogP contribution is -2.59. The summed E-state index contributed by atoms with van der Waals surface area (Å²) in [6.07, 6.45) is -0.310. The molecule has 152 valence electrons. The number of alkyl halides is 2. The fraction of sp³-hybridized carbons (Fsp3) is 0.600. The van der Waals surface area contributed by atoms with Crippen LogP contribution in [0.3, 0.4) is 0 Å². The average Bonchev–Trinajstić information content (AvgIpc) is 2.95. The van der Waals surface area contributed by atoms with E-state index in [1.54, 1.807) is 4.90 Å². The maximum Gasteiger partial charge on any atom is 0.410 e. The van der Waals surface area contributed by atoms with E-state index >= 15 is 0 Å². The Balaban J connectivity index is 1.37. The van der Waals surface area contributed by atoms with Gasteiger partial charge in [0, 0.05) is 37.9 Å². The van der Waals surface area contributed by atoms with Gasteiger partial charge in [-0.3, -0.25) is 0 Å². The first kappa shape index (κ1) is 19.0. The van der Waals surface area contributed by atoms with Crippen LogP contribution in [0.15, 0.2) is 30.3 Å². The molecule has 28 heavy (non-hydrogen) atoms. The Morgan fingerprint density at radius 1 is 1.21 bits per heavy atom. The van der Waals surface area contributed by atoms with E-state index in [9.17, 15) is 18.4 Å². The Labute approximate surface area is 162 Å². The summed E-state index contributed by atoms with van der Waals surface area (Å²) in [7, 11) is 0. The molecule has 3 atom stereocenters. The van der Waals surface area contributed by atoms with Crippen LogP contribution in [0.2, 0.25) is 0 Å². The van der Waals surface area contributed by atoms with E-state index in [1.165, 1.54) is 0 Å². The predicted molar refractivity (Wildman–Crippen MR) is 95.9 cm³/mol. The van der Waals surface area contributed by atoms with E-state index < -0.39 is 24.7 Å². The molecule has 0 aromatic heterocycles. The average molecular weight is 394 g/mol. The van der Waals surface area contributed by atoms with Gasteiger partial charge in [0.2, 0.25) is 0 Å². The second kappa shape index (κ2) is 7.56. The highest BCUT2D eigenvalue weighted by Crippen LogP contribution is 2.46. The zero-order chi connectivity index (χ0) is 19.7. The standard InChI is InChI=1S/C20H24F2N2O4/c21-17(22)12-23-9-8-20(28-18(23)25)10-15-6-7-16(11-20)24(15)19(26)27-13-14-4-2-1-3-5-14/h1-5,15-17H,6-13H2/t15-,16+,20?. The number of carbonyl (C=O) groups is 2. The molecule has 2 amide bonds. The number of benzene rings is 1. The SMILES string of the molecule is O=C1OC2(CCN1CC(F)F)C[C@H]1CC[C@@H](C2)N1C(=O)OCc1ccccc1. The molecule has 0 saturated carbocycles. The van der Waals surface area contributed by atoms with Crippen molar-refractivity contribution >= 4 is 12.2 Å². The molecular weight excluding hydrogens is 370 g/mol. The zero-order valence-electron chi connectivity index (χ0n) is 15.6. The van der Waals surface area contributed by atoms with Gasteiger partial charge in [-0.2, -0.15) is 0 Å². The highest BCUT2D eigenvalue weighted by molar-refractivity contribution is 5.71. The van der Waals surface area contributed by atoms with Crippen molar-refractivity contribution in [1.29, 1.82) is 0 Å². The summed E-state index contributed by atoms with van der Waals surface area (Å²) in [5.41, 5.74) is 0.273. The number of halogens is 2. The number of amides is 2. The molecular formula is C20H24F2N2O4. The first-order valence-electron chi connectivity index (χ1n) is 9.71. The van der Waals surface area contributed by atoms with E-state index in [4.69, 9.17) is 9.47 Å². The van der Waals surface area contributed by atoms with Crippen LogP contribution in [0.25, 0.3) is 0 Å². The summed E-state index contributed by atoms with van der Waals surface area (Å²) >= 11 is 0. The molecule has 3 aliphatic rings. The highest BCUT2D eigenvalue weighted by Gasteiger charge is 2.54. The molecule has 8 heteroatoms. The van der Waals surface area contributed by atoms with Crippen LogP contribution in [-0.2, 0) is 16.1 Å². The number of hydrogen-bond donors (Lipinski definition) is 0. The Morgan fingerprint density at radius 2 is 1.89 bits per heavy atom. The number of hydrogen-bond acceptors (Lipinski definition) is 4. The van der Waals surface area contributed by atoms with Gasteiger partial charge in [0.1, 0.15) is 12.2 Å². The van der Waals surface area contributed by atoms with Crippen LogP contribution in [0.1, 0.15) is 37.7 Å². The minimum Gasteiger partial charge on any atom is -0.445 e. The van der Waals surface area contributed by atoms with Gasteiger partial charge in [0.05, 0.1) is 6.54 Å². The van der Waals surface area contributed by atoms with E-state index in [0.717, 1.165) is 23.3 Å². The largest absolute Gasteiger partial charge is 0.445 e. The van der Waals surface area contributed by atoms with Gasteiger partial charge in [-0.1, -0.05) is 30.3 Å². The lowest BCUT2D eigenvalue weighted by atomic mass is 9.82.